The topological polar surface area (TPSA) is 863 Å². The van der Waals surface area contributed by atoms with Crippen molar-refractivity contribution >= 4 is 136 Å². The highest BCUT2D eigenvalue weighted by Crippen LogP contribution is 2.21. The normalized spacial score (nSPS) is 15.8. The van der Waals surface area contributed by atoms with E-state index in [9.17, 15) is 136 Å². The number of aliphatic hydroxyl groups excluding tert-OH is 2. The fourth-order valence-electron chi connectivity index (χ4n) is 11.1. The Morgan fingerprint density at radius 3 is 1.36 bits per heavy atom. The van der Waals surface area contributed by atoms with Gasteiger partial charge >= 0.3 is 23.9 Å². The Kier molecular flexibility index (Phi) is 46.3. The molecule has 0 spiro atoms. The van der Waals surface area contributed by atoms with E-state index in [1.54, 1.807) is 13.8 Å². The molecule has 1 aliphatic rings. The largest absolute Gasteiger partial charge is 0.481 e. The van der Waals surface area contributed by atoms with E-state index in [2.05, 4.69) is 68.8 Å². The fraction of sp³-hybridized carbons (Fsp3) is 0.657. The Bertz CT molecular complexity index is 3640. The van der Waals surface area contributed by atoms with E-state index >= 15 is 0 Å². The maximum Gasteiger partial charge on any atom is 0.326 e. The number of aliphatic carboxylic acids is 4. The first-order chi connectivity index (χ1) is 55.1. The molecule has 0 aromatic carbocycles. The number of guanidine groups is 1. The molecule has 34 N–H and O–H groups in total. The number of unbranched alkanes of at least 4 members (excludes halogenated alkanes) is 1. The van der Waals surface area contributed by atoms with Crippen LogP contribution in [0.4, 0.5) is 0 Å². The van der Waals surface area contributed by atoms with Crippen LogP contribution in [0.3, 0.4) is 0 Å². The van der Waals surface area contributed by atoms with E-state index in [-0.39, 0.29) is 95.7 Å². The molecule has 0 saturated carbocycles. The molecule has 15 atom stereocenters. The molecular weight excluding hydrogens is 1570 g/mol. The monoisotopic (exact) mass is 1690 g/mol. The van der Waals surface area contributed by atoms with Crippen LogP contribution in [0, 0.1) is 5.92 Å². The Morgan fingerprint density at radius 2 is 0.864 bits per heavy atom. The van der Waals surface area contributed by atoms with E-state index in [4.69, 9.17) is 40.1 Å². The zero-order chi connectivity index (χ0) is 90.0. The quantitative estimate of drug-likeness (QED) is 0.0153. The summed E-state index contributed by atoms with van der Waals surface area (Å²) < 4.78 is 0. The molecule has 118 heavy (non-hydrogen) atoms. The second-order valence-corrected chi connectivity index (χ2v) is 27.8. The van der Waals surface area contributed by atoms with Crippen molar-refractivity contribution in [3.05, 3.63) is 0 Å². The molecule has 51 nitrogen and oxygen atoms in total. The van der Waals surface area contributed by atoms with Crippen LogP contribution in [0.2, 0.25) is 0 Å². The summed E-state index contributed by atoms with van der Waals surface area (Å²) in [6.07, 6.45) is -8.43. The van der Waals surface area contributed by atoms with Gasteiger partial charge in [-0.25, -0.2) is 4.79 Å². The van der Waals surface area contributed by atoms with Crippen molar-refractivity contribution < 1.29 is 136 Å². The lowest BCUT2D eigenvalue weighted by atomic mass is 10.0. The average molecular weight is 1690 g/mol. The predicted octanol–water partition coefficient (Wildman–Crippen LogP) is -13.7. The minimum atomic E-state index is -2.15. The first kappa shape index (κ1) is 103. The van der Waals surface area contributed by atoms with Gasteiger partial charge in [0.15, 0.2) is 5.96 Å². The number of carbonyl (C=O) groups excluding carboxylic acids is 18. The molecule has 0 bridgehead atoms. The Hall–Kier alpha value is -12.5. The van der Waals surface area contributed by atoms with Crippen LogP contribution in [-0.4, -0.2) is 302 Å². The maximum atomic E-state index is 14.5. The van der Waals surface area contributed by atoms with Gasteiger partial charge in [0.2, 0.25) is 106 Å². The summed E-state index contributed by atoms with van der Waals surface area (Å²) in [5, 5.41) is 89.8. The highest BCUT2D eigenvalue weighted by atomic mass is 16.4. The van der Waals surface area contributed by atoms with Crippen molar-refractivity contribution in [3.63, 3.8) is 0 Å². The number of primary amides is 3. The molecule has 0 aromatic heterocycles. The SMILES string of the molecule is CC(C)C[C@H](N)C(=O)N[C@@H](CCC(N)=O)C(=O)N[C@@H](CCCCN)C(=O)N[C@@H](CC(=O)O)C(=O)N[C@@H](CCC(=O)O)C(=O)N1CCC[C@H]1C(=O)N[C@@H](CC(N)=O)C(=O)NCC(=O)N[C@@H](CCCN=C(N)N)C(=O)N[C@@H](C)C(=O)N[C@@H](CO)C(=O)N[C@@H](CC(=O)O)C(=O)N[C@H](C(=O)N[C@@H](C)C(=O)NCC(=O)N[C@@H](CCC(N)=O)C(=O)O)[C@@H](C)O. The highest BCUT2D eigenvalue weighted by Gasteiger charge is 2.42. The molecule has 0 aromatic rings. The van der Waals surface area contributed by atoms with E-state index in [1.807, 2.05) is 10.6 Å². The number of nitrogens with zero attached hydrogens (tertiary/aromatic N) is 2. The number of hydrogen-bond acceptors (Lipinski definition) is 27. The molecular formula is C67H111N23O28. The van der Waals surface area contributed by atoms with E-state index in [0.29, 0.717) is 0 Å². The number of aliphatic hydroxyl groups is 2. The lowest BCUT2D eigenvalue weighted by Gasteiger charge is -2.30. The number of carbonyl (C=O) groups is 22. The number of aliphatic imine (C=N–C) groups is 1. The number of likely N-dealkylation sites (tertiary alicyclic amines) is 1. The van der Waals surface area contributed by atoms with Gasteiger partial charge in [-0.05, 0) is 104 Å². The van der Waals surface area contributed by atoms with E-state index in [0.717, 1.165) is 25.7 Å². The number of hydrogen-bond donors (Lipinski definition) is 27. The molecule has 0 radical (unpaired) electrons. The van der Waals surface area contributed by atoms with Crippen molar-refractivity contribution in [2.75, 3.05) is 39.3 Å². The van der Waals surface area contributed by atoms with Crippen molar-refractivity contribution in [3.8, 4) is 0 Å². The summed E-state index contributed by atoms with van der Waals surface area (Å²) in [6, 6.07) is -24.3. The smallest absolute Gasteiger partial charge is 0.326 e. The van der Waals surface area contributed by atoms with Gasteiger partial charge in [-0.1, -0.05) is 13.8 Å². The highest BCUT2D eigenvalue weighted by molar-refractivity contribution is 6.02. The molecule has 18 amide bonds. The van der Waals surface area contributed by atoms with Gasteiger partial charge in [-0.2, -0.15) is 0 Å². The third kappa shape index (κ3) is 40.2. The van der Waals surface area contributed by atoms with Crippen molar-refractivity contribution in [2.45, 2.75) is 234 Å². The lowest BCUT2D eigenvalue weighted by Crippen LogP contribution is -2.61. The van der Waals surface area contributed by atoms with Crippen molar-refractivity contribution in [1.29, 1.82) is 0 Å². The zero-order valence-corrected chi connectivity index (χ0v) is 65.6. The first-order valence-corrected chi connectivity index (χ1v) is 37.1. The fourth-order valence-corrected chi connectivity index (χ4v) is 11.1. The molecule has 1 rings (SSSR count). The van der Waals surface area contributed by atoms with Gasteiger partial charge < -0.3 is 150 Å². The van der Waals surface area contributed by atoms with Crippen LogP contribution in [0.15, 0.2) is 4.99 Å². The number of nitrogens with two attached hydrogens (primary N) is 7. The molecule has 1 saturated heterocycles. The Labute approximate surface area is 674 Å². The Morgan fingerprint density at radius 1 is 0.432 bits per heavy atom. The molecule has 0 aliphatic carbocycles. The van der Waals surface area contributed by atoms with Crippen LogP contribution >= 0.6 is 0 Å². The molecule has 662 valence electrons. The minimum Gasteiger partial charge on any atom is -0.481 e. The number of carboxylic acids is 4. The summed E-state index contributed by atoms with van der Waals surface area (Å²) in [5.41, 5.74) is 38.3. The van der Waals surface area contributed by atoms with Crippen molar-refractivity contribution in [2.24, 2.45) is 51.0 Å². The van der Waals surface area contributed by atoms with Crippen LogP contribution in [0.1, 0.15) is 144 Å². The Balaban J connectivity index is 3.38. The second-order valence-electron chi connectivity index (χ2n) is 27.8. The summed E-state index contributed by atoms with van der Waals surface area (Å²) in [7, 11) is 0. The molecule has 1 heterocycles. The van der Waals surface area contributed by atoms with Crippen molar-refractivity contribution in [1.82, 2.24) is 79.3 Å². The zero-order valence-electron chi connectivity index (χ0n) is 65.6. The number of rotatable bonds is 57. The summed E-state index contributed by atoms with van der Waals surface area (Å²) in [4.78, 5) is 291. The van der Waals surface area contributed by atoms with Gasteiger partial charge in [0, 0.05) is 32.4 Å². The standard InChI is InChI=1S/C67H111N23O28/c1-29(2)22-33(69)55(106)82-36(13-16-44(70)93)59(110)83-35(10-6-7-19-68)58(109)85-40(24-50(100)101)60(111)84-37(15-18-49(98)99)65(116)90-21-9-12-43(90)63(114)87-39(23-46(72)95)56(107)77-27-47(96)80-34(11-8-20-75-67(73)74)57(108)78-31(4)54(105)88-42(28-91)62(113)86-41(25-51(102)103)61(112)89-52(32(5)92)64(115)79-30(3)53(104)76-26-48(97)81-38(66(117)118)14-17-45(71)94/h29-43,52,91-92H,6-28,68-69H2,1-5H3,(H2,70,93)(H2,71,94)(H2,72,95)(H,76,104)(H,77,107)(H,78,108)(H,79,115)(H,80,96)(H,81,97)(H,82,106)(H,83,110)(H,84,111)(H,85,109)(H,86,113)(H,87,114)(H,88,105)(H,89,112)(H,98,99)(H,100,101)(H,102,103)(H,117,118)(H4,73,74,75)/t30-,31-,32+,33-,34-,35-,36-,37-,38-,39-,40-,41-,42-,43-,52-/m0/s1. The first-order valence-electron chi connectivity index (χ1n) is 37.1. The average Bonchev–Trinajstić information content (AvgIpc) is 1.69. The maximum absolute atomic E-state index is 14.5. The third-order valence-electron chi connectivity index (χ3n) is 17.3. The van der Waals surface area contributed by atoms with Crippen LogP contribution in [-0.2, 0) is 105 Å². The second kappa shape index (κ2) is 52.8. The molecule has 1 fully saturated rings. The molecule has 0 unspecified atom stereocenters. The van der Waals surface area contributed by atoms with E-state index in [1.165, 1.54) is 0 Å². The van der Waals surface area contributed by atoms with Crippen LogP contribution in [0.5, 0.6) is 0 Å². The number of amides is 18. The van der Waals surface area contributed by atoms with Gasteiger partial charge in [0.25, 0.3) is 0 Å². The summed E-state index contributed by atoms with van der Waals surface area (Å²) in [5.74, 6) is -27.5. The number of nitrogens with one attached hydrogen (secondary N) is 14. The minimum absolute atomic E-state index is 0.0429. The van der Waals surface area contributed by atoms with Gasteiger partial charge in [0.05, 0.1) is 51.1 Å². The van der Waals surface area contributed by atoms with Crippen LogP contribution < -0.4 is 115 Å². The van der Waals surface area contributed by atoms with Gasteiger partial charge in [-0.3, -0.25) is 106 Å². The number of carboxylic acid groups (broad SMARTS) is 4. The molecule has 51 heteroatoms. The summed E-state index contributed by atoms with van der Waals surface area (Å²) >= 11 is 0. The third-order valence-corrected chi connectivity index (χ3v) is 17.3. The van der Waals surface area contributed by atoms with Gasteiger partial charge in [0.1, 0.15) is 78.5 Å². The molecule has 1 aliphatic heterocycles. The summed E-state index contributed by atoms with van der Waals surface area (Å²) in [6.45, 7) is 3.20. The lowest BCUT2D eigenvalue weighted by molar-refractivity contribution is -0.144. The predicted molar refractivity (Wildman–Crippen MR) is 404 cm³/mol. The van der Waals surface area contributed by atoms with Crippen LogP contribution in [0.25, 0.3) is 0 Å². The van der Waals surface area contributed by atoms with Gasteiger partial charge in [-0.15, -0.1) is 0 Å². The van der Waals surface area contributed by atoms with E-state index < -0.39 is 286 Å².